The van der Waals surface area contributed by atoms with Crippen molar-refractivity contribution in [1.29, 1.82) is 0 Å². The molecule has 4 heteroatoms. The molecule has 1 heterocycles. The van der Waals surface area contributed by atoms with Crippen LogP contribution < -0.4 is 4.90 Å². The van der Waals surface area contributed by atoms with Crippen molar-refractivity contribution in [3.63, 3.8) is 0 Å². The van der Waals surface area contributed by atoms with E-state index < -0.39 is 0 Å². The van der Waals surface area contributed by atoms with Crippen molar-refractivity contribution >= 4 is 29.1 Å². The van der Waals surface area contributed by atoms with Gasteiger partial charge in [0.1, 0.15) is 0 Å². The Bertz CT molecular complexity index is 667. The summed E-state index contributed by atoms with van der Waals surface area (Å²) >= 11 is 5.84. The zero-order valence-electron chi connectivity index (χ0n) is 11.3. The Balaban J connectivity index is 1.80. The molecule has 3 nitrogen and oxygen atoms in total. The van der Waals surface area contributed by atoms with Crippen molar-refractivity contribution in [3.8, 4) is 0 Å². The standard InChI is InChI=1S/C17H14ClNO2/c18-14-6-8-15(9-7-14)19-16(20)11-13(17(19)21)10-12-4-2-1-3-5-12/h1-9,13H,10-11H2/t13-/m1/s1. The maximum absolute atomic E-state index is 12.5. The van der Waals surface area contributed by atoms with Gasteiger partial charge < -0.3 is 0 Å². The molecule has 1 aliphatic heterocycles. The van der Waals surface area contributed by atoms with Gasteiger partial charge in [0.2, 0.25) is 11.8 Å². The molecule has 0 N–H and O–H groups in total. The van der Waals surface area contributed by atoms with E-state index in [2.05, 4.69) is 0 Å². The lowest BCUT2D eigenvalue weighted by Gasteiger charge is -2.15. The van der Waals surface area contributed by atoms with E-state index >= 15 is 0 Å². The smallest absolute Gasteiger partial charge is 0.237 e. The van der Waals surface area contributed by atoms with E-state index in [0.717, 1.165) is 5.56 Å². The Labute approximate surface area is 128 Å². The molecule has 0 saturated carbocycles. The first-order valence-corrected chi connectivity index (χ1v) is 7.19. The summed E-state index contributed by atoms with van der Waals surface area (Å²) in [5, 5.41) is 0.582. The number of anilines is 1. The van der Waals surface area contributed by atoms with Gasteiger partial charge in [0.05, 0.1) is 11.6 Å². The summed E-state index contributed by atoms with van der Waals surface area (Å²) in [6.07, 6.45) is 0.853. The van der Waals surface area contributed by atoms with Gasteiger partial charge in [0.25, 0.3) is 0 Å². The Kier molecular flexibility index (Phi) is 3.76. The zero-order valence-corrected chi connectivity index (χ0v) is 12.1. The van der Waals surface area contributed by atoms with Crippen LogP contribution in [-0.4, -0.2) is 11.8 Å². The van der Waals surface area contributed by atoms with Crippen LogP contribution in [0.5, 0.6) is 0 Å². The number of halogens is 1. The molecule has 1 aliphatic rings. The van der Waals surface area contributed by atoms with Gasteiger partial charge >= 0.3 is 0 Å². The fourth-order valence-corrected chi connectivity index (χ4v) is 2.74. The number of carbonyl (C=O) groups excluding carboxylic acids is 2. The van der Waals surface area contributed by atoms with Crippen LogP contribution in [0.25, 0.3) is 0 Å². The molecule has 1 fully saturated rings. The molecular formula is C17H14ClNO2. The second-order valence-electron chi connectivity index (χ2n) is 5.13. The number of amides is 2. The molecule has 0 unspecified atom stereocenters. The molecule has 21 heavy (non-hydrogen) atoms. The van der Waals surface area contributed by atoms with E-state index in [1.54, 1.807) is 24.3 Å². The molecule has 0 radical (unpaired) electrons. The second kappa shape index (κ2) is 5.70. The highest BCUT2D eigenvalue weighted by molar-refractivity contribution is 6.30. The lowest BCUT2D eigenvalue weighted by Crippen LogP contribution is -2.30. The minimum Gasteiger partial charge on any atom is -0.274 e. The third-order valence-electron chi connectivity index (χ3n) is 3.65. The highest BCUT2D eigenvalue weighted by atomic mass is 35.5. The molecule has 1 atom stereocenters. The Morgan fingerprint density at radius 2 is 1.67 bits per heavy atom. The van der Waals surface area contributed by atoms with E-state index in [-0.39, 0.29) is 24.2 Å². The van der Waals surface area contributed by atoms with Crippen molar-refractivity contribution in [2.24, 2.45) is 5.92 Å². The van der Waals surface area contributed by atoms with Crippen LogP contribution >= 0.6 is 11.6 Å². The maximum atomic E-state index is 12.5. The number of nitrogens with zero attached hydrogens (tertiary/aromatic N) is 1. The molecule has 3 rings (SSSR count). The summed E-state index contributed by atoms with van der Waals surface area (Å²) in [7, 11) is 0. The van der Waals surface area contributed by atoms with Crippen molar-refractivity contribution in [3.05, 3.63) is 65.2 Å². The number of rotatable bonds is 3. The molecular weight excluding hydrogens is 286 g/mol. The first-order valence-electron chi connectivity index (χ1n) is 6.81. The van der Waals surface area contributed by atoms with Gasteiger partial charge in [-0.2, -0.15) is 0 Å². The molecule has 1 saturated heterocycles. The van der Waals surface area contributed by atoms with Crippen molar-refractivity contribution in [2.75, 3.05) is 4.90 Å². The van der Waals surface area contributed by atoms with Gasteiger partial charge in [-0.3, -0.25) is 14.5 Å². The van der Waals surface area contributed by atoms with Gasteiger partial charge in [-0.25, -0.2) is 0 Å². The van der Waals surface area contributed by atoms with Crippen LogP contribution in [0.15, 0.2) is 54.6 Å². The van der Waals surface area contributed by atoms with Crippen molar-refractivity contribution < 1.29 is 9.59 Å². The number of imide groups is 1. The summed E-state index contributed by atoms with van der Waals surface area (Å²) < 4.78 is 0. The molecule has 2 aromatic rings. The fourth-order valence-electron chi connectivity index (χ4n) is 2.61. The van der Waals surface area contributed by atoms with Gasteiger partial charge in [-0.05, 0) is 36.2 Å². The number of carbonyl (C=O) groups is 2. The van der Waals surface area contributed by atoms with Gasteiger partial charge in [-0.15, -0.1) is 0 Å². The van der Waals surface area contributed by atoms with Crippen LogP contribution in [0.1, 0.15) is 12.0 Å². The van der Waals surface area contributed by atoms with Crippen LogP contribution in [0.4, 0.5) is 5.69 Å². The topological polar surface area (TPSA) is 37.4 Å². The minimum atomic E-state index is -0.282. The molecule has 0 spiro atoms. The van der Waals surface area contributed by atoms with E-state index in [1.807, 2.05) is 30.3 Å². The summed E-state index contributed by atoms with van der Waals surface area (Å²) in [5.41, 5.74) is 1.66. The maximum Gasteiger partial charge on any atom is 0.237 e. The summed E-state index contributed by atoms with van der Waals surface area (Å²) in [4.78, 5) is 25.9. The minimum absolute atomic E-state index is 0.133. The molecule has 106 valence electrons. The molecule has 0 aromatic heterocycles. The zero-order chi connectivity index (χ0) is 14.8. The SMILES string of the molecule is O=C1C[C@@H](Cc2ccccc2)C(=O)N1c1ccc(Cl)cc1. The van der Waals surface area contributed by atoms with Gasteiger partial charge in [0.15, 0.2) is 0 Å². The van der Waals surface area contributed by atoms with Gasteiger partial charge in [0, 0.05) is 11.4 Å². The monoisotopic (exact) mass is 299 g/mol. The van der Waals surface area contributed by atoms with Crippen LogP contribution in [-0.2, 0) is 16.0 Å². The van der Waals surface area contributed by atoms with E-state index in [4.69, 9.17) is 11.6 Å². The average Bonchev–Trinajstić information content (AvgIpc) is 2.76. The van der Waals surface area contributed by atoms with Crippen LogP contribution in [0.3, 0.4) is 0 Å². The Morgan fingerprint density at radius 3 is 2.33 bits per heavy atom. The molecule has 2 amide bonds. The quantitative estimate of drug-likeness (QED) is 0.814. The Morgan fingerprint density at radius 1 is 1.00 bits per heavy atom. The highest BCUT2D eigenvalue weighted by Crippen LogP contribution is 2.29. The fraction of sp³-hybridized carbons (Fsp3) is 0.176. The molecule has 2 aromatic carbocycles. The molecule has 0 bridgehead atoms. The lowest BCUT2D eigenvalue weighted by atomic mass is 9.98. The van der Waals surface area contributed by atoms with E-state index in [1.165, 1.54) is 4.90 Å². The van der Waals surface area contributed by atoms with E-state index in [0.29, 0.717) is 17.1 Å². The van der Waals surface area contributed by atoms with Crippen LogP contribution in [0.2, 0.25) is 5.02 Å². The second-order valence-corrected chi connectivity index (χ2v) is 5.57. The predicted molar refractivity (Wildman–Crippen MR) is 82.2 cm³/mol. The van der Waals surface area contributed by atoms with E-state index in [9.17, 15) is 9.59 Å². The summed E-state index contributed by atoms with van der Waals surface area (Å²) in [6.45, 7) is 0. The predicted octanol–water partition coefficient (Wildman–Crippen LogP) is 3.46. The third kappa shape index (κ3) is 2.83. The number of benzene rings is 2. The highest BCUT2D eigenvalue weighted by Gasteiger charge is 2.39. The first-order chi connectivity index (χ1) is 10.1. The average molecular weight is 300 g/mol. The summed E-state index contributed by atoms with van der Waals surface area (Å²) in [5.74, 6) is -0.565. The summed E-state index contributed by atoms with van der Waals surface area (Å²) in [6, 6.07) is 16.5. The number of hydrogen-bond acceptors (Lipinski definition) is 2. The third-order valence-corrected chi connectivity index (χ3v) is 3.90. The largest absolute Gasteiger partial charge is 0.274 e. The molecule has 0 aliphatic carbocycles. The first kappa shape index (κ1) is 13.8. The number of hydrogen-bond donors (Lipinski definition) is 0. The Hall–Kier alpha value is -2.13. The lowest BCUT2D eigenvalue weighted by molar-refractivity contribution is -0.122. The van der Waals surface area contributed by atoms with Crippen molar-refractivity contribution in [1.82, 2.24) is 0 Å². The normalized spacial score (nSPS) is 18.3. The van der Waals surface area contributed by atoms with Crippen molar-refractivity contribution in [2.45, 2.75) is 12.8 Å². The van der Waals surface area contributed by atoms with Crippen LogP contribution in [0, 0.1) is 5.92 Å². The van der Waals surface area contributed by atoms with Gasteiger partial charge in [-0.1, -0.05) is 41.9 Å².